The Morgan fingerprint density at radius 1 is 1.37 bits per heavy atom. The maximum atomic E-state index is 8.97. The van der Waals surface area contributed by atoms with Gasteiger partial charge in [0.1, 0.15) is 11.8 Å². The van der Waals surface area contributed by atoms with E-state index in [-0.39, 0.29) is 0 Å². The lowest BCUT2D eigenvalue weighted by Crippen LogP contribution is -2.29. The van der Waals surface area contributed by atoms with Crippen LogP contribution in [0.15, 0.2) is 24.3 Å². The first-order valence-electron chi connectivity index (χ1n) is 7.06. The van der Waals surface area contributed by atoms with Crippen LogP contribution in [0, 0.1) is 17.2 Å². The molecule has 1 aliphatic heterocycles. The Morgan fingerprint density at radius 3 is 2.84 bits per heavy atom. The van der Waals surface area contributed by atoms with Gasteiger partial charge in [0.2, 0.25) is 0 Å². The number of para-hydroxylation sites is 1. The summed E-state index contributed by atoms with van der Waals surface area (Å²) in [7, 11) is 0. The fourth-order valence-electron chi connectivity index (χ4n) is 2.83. The van der Waals surface area contributed by atoms with Gasteiger partial charge >= 0.3 is 0 Å². The second kappa shape index (κ2) is 6.58. The van der Waals surface area contributed by atoms with Gasteiger partial charge in [-0.3, -0.25) is 0 Å². The van der Waals surface area contributed by atoms with E-state index in [2.05, 4.69) is 24.8 Å². The third-order valence-corrected chi connectivity index (χ3v) is 3.77. The molecule has 3 heteroatoms. The second-order valence-electron chi connectivity index (χ2n) is 5.49. The van der Waals surface area contributed by atoms with Crippen molar-refractivity contribution < 1.29 is 4.74 Å². The van der Waals surface area contributed by atoms with E-state index in [1.165, 1.54) is 13.0 Å². The molecule has 0 saturated carbocycles. The third-order valence-electron chi connectivity index (χ3n) is 3.77. The van der Waals surface area contributed by atoms with Crippen molar-refractivity contribution in [1.29, 1.82) is 5.26 Å². The highest BCUT2D eigenvalue weighted by Crippen LogP contribution is 2.22. The van der Waals surface area contributed by atoms with Gasteiger partial charge < -0.3 is 9.64 Å². The first-order chi connectivity index (χ1) is 9.20. The van der Waals surface area contributed by atoms with Gasteiger partial charge in [0.25, 0.3) is 0 Å². The monoisotopic (exact) mass is 258 g/mol. The fraction of sp³-hybridized carbons (Fsp3) is 0.562. The van der Waals surface area contributed by atoms with Crippen molar-refractivity contribution in [2.45, 2.75) is 32.7 Å². The highest BCUT2D eigenvalue weighted by atomic mass is 16.5. The maximum absolute atomic E-state index is 8.97. The Labute approximate surface area is 115 Å². The van der Waals surface area contributed by atoms with Gasteiger partial charge in [0.15, 0.2) is 0 Å². The molecule has 2 unspecified atom stereocenters. The molecule has 0 aromatic heterocycles. The van der Waals surface area contributed by atoms with Crippen LogP contribution in [0.4, 0.5) is 0 Å². The fourth-order valence-corrected chi connectivity index (χ4v) is 2.83. The van der Waals surface area contributed by atoms with E-state index < -0.39 is 0 Å². The number of hydrogen-bond acceptors (Lipinski definition) is 3. The Bertz CT molecular complexity index is 452. The first kappa shape index (κ1) is 13.9. The molecule has 19 heavy (non-hydrogen) atoms. The smallest absolute Gasteiger partial charge is 0.137 e. The topological polar surface area (TPSA) is 36.3 Å². The number of benzene rings is 1. The summed E-state index contributed by atoms with van der Waals surface area (Å²) in [5.74, 6) is 1.52. The zero-order chi connectivity index (χ0) is 13.7. The lowest BCUT2D eigenvalue weighted by Gasteiger charge is -2.20. The molecule has 1 heterocycles. The van der Waals surface area contributed by atoms with Crippen molar-refractivity contribution in [3.05, 3.63) is 29.8 Å². The molecule has 102 valence electrons. The molecule has 0 N–H and O–H groups in total. The van der Waals surface area contributed by atoms with E-state index in [9.17, 15) is 0 Å². The van der Waals surface area contributed by atoms with Crippen LogP contribution in [0.2, 0.25) is 0 Å². The Balaban J connectivity index is 1.74. The molecule has 1 fully saturated rings. The van der Waals surface area contributed by atoms with Crippen LogP contribution in [0.1, 0.15) is 32.3 Å². The Morgan fingerprint density at radius 2 is 2.16 bits per heavy atom. The lowest BCUT2D eigenvalue weighted by atomic mass is 10.1. The van der Waals surface area contributed by atoms with E-state index in [0.717, 1.165) is 18.9 Å². The van der Waals surface area contributed by atoms with Crippen LogP contribution >= 0.6 is 0 Å². The molecule has 0 bridgehead atoms. The van der Waals surface area contributed by atoms with Gasteiger partial charge in [-0.2, -0.15) is 5.26 Å². The Hall–Kier alpha value is -1.53. The molecule has 2 rings (SSSR count). The molecule has 1 aromatic rings. The number of nitriles is 1. The molecule has 0 aliphatic carbocycles. The van der Waals surface area contributed by atoms with Crippen LogP contribution in [0.25, 0.3) is 0 Å². The van der Waals surface area contributed by atoms with E-state index >= 15 is 0 Å². The minimum Gasteiger partial charge on any atom is -0.492 e. The molecule has 0 radical (unpaired) electrons. The normalized spacial score (nSPS) is 23.2. The molecule has 0 amide bonds. The predicted octanol–water partition coefficient (Wildman–Crippen LogP) is 3.06. The molecule has 0 spiro atoms. The van der Waals surface area contributed by atoms with Crippen molar-refractivity contribution in [1.82, 2.24) is 4.90 Å². The molecule has 2 atom stereocenters. The number of hydrogen-bond donors (Lipinski definition) is 0. The van der Waals surface area contributed by atoms with Crippen molar-refractivity contribution in [3.8, 4) is 11.8 Å². The molecule has 1 aromatic carbocycles. The number of likely N-dealkylation sites (tertiary alicyclic amines) is 1. The van der Waals surface area contributed by atoms with E-state index in [1.807, 2.05) is 18.2 Å². The van der Waals surface area contributed by atoms with Gasteiger partial charge in [-0.05, 0) is 37.8 Å². The average Bonchev–Trinajstić information content (AvgIpc) is 2.73. The summed E-state index contributed by atoms with van der Waals surface area (Å²) in [6.07, 6.45) is 2.31. The summed E-state index contributed by atoms with van der Waals surface area (Å²) in [5.41, 5.74) is 0.616. The number of ether oxygens (including phenoxy) is 1. The zero-order valence-corrected chi connectivity index (χ0v) is 11.8. The third kappa shape index (κ3) is 3.71. The van der Waals surface area contributed by atoms with Crippen molar-refractivity contribution in [3.63, 3.8) is 0 Å². The number of nitrogens with zero attached hydrogens (tertiary/aromatic N) is 2. The average molecular weight is 258 g/mol. The minimum atomic E-state index is 0.616. The van der Waals surface area contributed by atoms with E-state index in [0.29, 0.717) is 24.0 Å². The summed E-state index contributed by atoms with van der Waals surface area (Å²) < 4.78 is 5.70. The number of rotatable bonds is 5. The highest BCUT2D eigenvalue weighted by molar-refractivity contribution is 5.42. The standard InChI is InChI=1S/C16H22N2O/c1-13-10-14(2)18(12-13)8-5-9-19-16-7-4-3-6-15(16)11-17/h3-4,6-7,13-14H,5,8-10,12H2,1-2H3. The summed E-state index contributed by atoms with van der Waals surface area (Å²) in [4.78, 5) is 2.53. The van der Waals surface area contributed by atoms with Gasteiger partial charge in [-0.1, -0.05) is 19.1 Å². The van der Waals surface area contributed by atoms with Crippen LogP contribution in [0.5, 0.6) is 5.75 Å². The van der Waals surface area contributed by atoms with E-state index in [1.54, 1.807) is 6.07 Å². The van der Waals surface area contributed by atoms with Crippen molar-refractivity contribution >= 4 is 0 Å². The minimum absolute atomic E-state index is 0.616. The van der Waals surface area contributed by atoms with Gasteiger partial charge in [-0.25, -0.2) is 0 Å². The lowest BCUT2D eigenvalue weighted by molar-refractivity contribution is 0.227. The van der Waals surface area contributed by atoms with Crippen molar-refractivity contribution in [2.24, 2.45) is 5.92 Å². The largest absolute Gasteiger partial charge is 0.492 e. The summed E-state index contributed by atoms with van der Waals surface area (Å²) >= 11 is 0. The second-order valence-corrected chi connectivity index (χ2v) is 5.49. The SMILES string of the molecule is CC1CC(C)N(CCCOc2ccccc2C#N)C1. The van der Waals surface area contributed by atoms with Crippen LogP contribution < -0.4 is 4.74 Å². The van der Waals surface area contributed by atoms with Gasteiger partial charge in [-0.15, -0.1) is 0 Å². The quantitative estimate of drug-likeness (QED) is 0.762. The maximum Gasteiger partial charge on any atom is 0.137 e. The van der Waals surface area contributed by atoms with Crippen LogP contribution in [-0.2, 0) is 0 Å². The molecular weight excluding hydrogens is 236 g/mol. The Kier molecular flexibility index (Phi) is 4.81. The molecule has 1 aliphatic rings. The molecule has 3 nitrogen and oxygen atoms in total. The summed E-state index contributed by atoms with van der Waals surface area (Å²) in [6, 6.07) is 10.3. The van der Waals surface area contributed by atoms with Crippen LogP contribution in [-0.4, -0.2) is 30.6 Å². The predicted molar refractivity (Wildman–Crippen MR) is 76.1 cm³/mol. The zero-order valence-electron chi connectivity index (χ0n) is 11.8. The summed E-state index contributed by atoms with van der Waals surface area (Å²) in [6.45, 7) is 7.58. The molecule has 1 saturated heterocycles. The van der Waals surface area contributed by atoms with Crippen LogP contribution in [0.3, 0.4) is 0 Å². The first-order valence-corrected chi connectivity index (χ1v) is 7.06. The van der Waals surface area contributed by atoms with E-state index in [4.69, 9.17) is 10.00 Å². The highest BCUT2D eigenvalue weighted by Gasteiger charge is 2.25. The van der Waals surface area contributed by atoms with Gasteiger partial charge in [0.05, 0.1) is 12.2 Å². The van der Waals surface area contributed by atoms with Gasteiger partial charge in [0, 0.05) is 19.1 Å². The van der Waals surface area contributed by atoms with Crippen molar-refractivity contribution in [2.75, 3.05) is 19.7 Å². The molecular formula is C16H22N2O. The summed E-state index contributed by atoms with van der Waals surface area (Å²) in [5, 5.41) is 8.97.